The fourth-order valence-electron chi connectivity index (χ4n) is 2.17. The molecule has 0 saturated heterocycles. The molecule has 3 N–H and O–H groups in total. The number of aromatic amines is 1. The van der Waals surface area contributed by atoms with E-state index in [1.54, 1.807) is 47.3 Å². The van der Waals surface area contributed by atoms with Gasteiger partial charge < -0.3 is 10.7 Å². The summed E-state index contributed by atoms with van der Waals surface area (Å²) in [4.78, 5) is 30.4. The van der Waals surface area contributed by atoms with Crippen LogP contribution >= 0.6 is 11.6 Å². The molecule has 3 aromatic rings. The van der Waals surface area contributed by atoms with Gasteiger partial charge in [-0.1, -0.05) is 11.6 Å². The molecule has 0 atom stereocenters. The number of benzene rings is 1. The van der Waals surface area contributed by atoms with Crippen LogP contribution in [0.3, 0.4) is 0 Å². The van der Waals surface area contributed by atoms with Crippen molar-refractivity contribution in [1.29, 1.82) is 0 Å². The molecule has 1 amide bonds. The number of primary amides is 1. The number of carbonyl (C=O) groups excluding carboxylic acids is 1. The molecular formula is C15H12ClN4O2+. The first-order chi connectivity index (χ1) is 10.5. The summed E-state index contributed by atoms with van der Waals surface area (Å²) in [5.41, 5.74) is 5.93. The van der Waals surface area contributed by atoms with Crippen LogP contribution < -0.4 is 15.9 Å². The highest BCUT2D eigenvalue weighted by atomic mass is 35.5. The summed E-state index contributed by atoms with van der Waals surface area (Å²) >= 11 is 5.93. The lowest BCUT2D eigenvalue weighted by Gasteiger charge is -2.02. The highest BCUT2D eigenvalue weighted by Gasteiger charge is 2.11. The van der Waals surface area contributed by atoms with E-state index in [-0.39, 0.29) is 5.56 Å². The zero-order chi connectivity index (χ0) is 15.7. The molecule has 2 aromatic heterocycles. The molecular weight excluding hydrogens is 304 g/mol. The first-order valence-corrected chi connectivity index (χ1v) is 6.88. The minimum Gasteiger partial charge on any atom is -0.365 e. The largest absolute Gasteiger partial charge is 0.365 e. The van der Waals surface area contributed by atoms with Crippen molar-refractivity contribution in [3.8, 4) is 0 Å². The Hall–Kier alpha value is -2.73. The number of nitrogens with one attached hydrogen (secondary N) is 1. The van der Waals surface area contributed by atoms with E-state index in [0.717, 1.165) is 0 Å². The number of hydrogen-bond acceptors (Lipinski definition) is 3. The number of amides is 1. The minimum absolute atomic E-state index is 0.233. The van der Waals surface area contributed by atoms with Gasteiger partial charge in [0.05, 0.1) is 10.9 Å². The van der Waals surface area contributed by atoms with Crippen LogP contribution in [0.25, 0.3) is 10.9 Å². The smallest absolute Gasteiger partial charge is 0.258 e. The van der Waals surface area contributed by atoms with Crippen molar-refractivity contribution in [3.05, 3.63) is 69.5 Å². The van der Waals surface area contributed by atoms with Crippen LogP contribution in [-0.4, -0.2) is 15.9 Å². The number of H-pyrrole nitrogens is 1. The van der Waals surface area contributed by atoms with Crippen LogP contribution in [0, 0.1) is 0 Å². The lowest BCUT2D eigenvalue weighted by Crippen LogP contribution is -2.36. The third kappa shape index (κ3) is 2.82. The lowest BCUT2D eigenvalue weighted by atomic mass is 10.2. The Balaban J connectivity index is 2.02. The number of pyridine rings is 1. The zero-order valence-electron chi connectivity index (χ0n) is 11.4. The van der Waals surface area contributed by atoms with Gasteiger partial charge in [-0.15, -0.1) is 0 Å². The molecule has 0 fully saturated rings. The van der Waals surface area contributed by atoms with Crippen LogP contribution in [0.15, 0.2) is 47.5 Å². The van der Waals surface area contributed by atoms with Gasteiger partial charge in [-0.2, -0.15) is 4.57 Å². The van der Waals surface area contributed by atoms with Crippen LogP contribution in [-0.2, 0) is 6.54 Å². The van der Waals surface area contributed by atoms with E-state index in [4.69, 9.17) is 17.3 Å². The second kappa shape index (κ2) is 5.57. The molecule has 1 aromatic carbocycles. The van der Waals surface area contributed by atoms with Gasteiger partial charge in [0.1, 0.15) is 5.56 Å². The summed E-state index contributed by atoms with van der Waals surface area (Å²) in [6.07, 6.45) is 3.36. The second-order valence-corrected chi connectivity index (χ2v) is 5.24. The second-order valence-electron chi connectivity index (χ2n) is 4.80. The molecule has 0 radical (unpaired) electrons. The Morgan fingerprint density at radius 3 is 2.95 bits per heavy atom. The number of nitrogens with zero attached hydrogens (tertiary/aromatic N) is 2. The van der Waals surface area contributed by atoms with E-state index in [2.05, 4.69) is 9.97 Å². The summed E-state index contributed by atoms with van der Waals surface area (Å²) in [5, 5.41) is 0.990. The quantitative estimate of drug-likeness (QED) is 0.706. The summed E-state index contributed by atoms with van der Waals surface area (Å²) in [6, 6.07) is 8.24. The van der Waals surface area contributed by atoms with E-state index < -0.39 is 5.91 Å². The Morgan fingerprint density at radius 2 is 2.18 bits per heavy atom. The molecule has 0 spiro atoms. The van der Waals surface area contributed by atoms with Crippen molar-refractivity contribution in [2.75, 3.05) is 0 Å². The van der Waals surface area contributed by atoms with Crippen molar-refractivity contribution < 1.29 is 9.36 Å². The monoisotopic (exact) mass is 315 g/mol. The normalized spacial score (nSPS) is 10.8. The van der Waals surface area contributed by atoms with Gasteiger partial charge in [0, 0.05) is 11.1 Å². The summed E-state index contributed by atoms with van der Waals surface area (Å²) in [5.74, 6) is -0.0486. The van der Waals surface area contributed by atoms with Crippen LogP contribution in [0.4, 0.5) is 0 Å². The molecule has 0 aliphatic carbocycles. The predicted molar refractivity (Wildman–Crippen MR) is 81.6 cm³/mol. The summed E-state index contributed by atoms with van der Waals surface area (Å²) in [6.45, 7) is 0.304. The maximum Gasteiger partial charge on any atom is 0.258 e. The third-order valence-electron chi connectivity index (χ3n) is 3.19. The number of rotatable bonds is 3. The van der Waals surface area contributed by atoms with Crippen molar-refractivity contribution in [3.63, 3.8) is 0 Å². The fourth-order valence-corrected chi connectivity index (χ4v) is 2.34. The van der Waals surface area contributed by atoms with Crippen LogP contribution in [0.1, 0.15) is 16.2 Å². The molecule has 0 unspecified atom stereocenters. The summed E-state index contributed by atoms with van der Waals surface area (Å²) in [7, 11) is 0. The molecule has 0 saturated carbocycles. The molecule has 3 rings (SSSR count). The van der Waals surface area contributed by atoms with Crippen molar-refractivity contribution in [1.82, 2.24) is 9.97 Å². The maximum atomic E-state index is 12.1. The number of hydrogen-bond donors (Lipinski definition) is 2. The molecule has 6 nitrogen and oxygen atoms in total. The van der Waals surface area contributed by atoms with E-state index in [0.29, 0.717) is 33.9 Å². The first-order valence-electron chi connectivity index (χ1n) is 6.50. The highest BCUT2D eigenvalue weighted by molar-refractivity contribution is 6.31. The van der Waals surface area contributed by atoms with Gasteiger partial charge >= 0.3 is 0 Å². The molecule has 2 heterocycles. The molecule has 7 heteroatoms. The number of nitrogens with two attached hydrogens (primary N) is 1. The van der Waals surface area contributed by atoms with Gasteiger partial charge in [0.15, 0.2) is 18.2 Å². The minimum atomic E-state index is -0.513. The standard InChI is InChI=1S/C15H11ClN4O2/c16-10-3-4-11-12(6-10)18-13(19-15(11)22)8-20-5-1-2-9(7-20)14(17)21/h1-7H,8H2,(H2-,17,18,19,21,22)/p+1. The van der Waals surface area contributed by atoms with Crippen molar-refractivity contribution in [2.45, 2.75) is 6.54 Å². The van der Waals surface area contributed by atoms with Crippen LogP contribution in [0.5, 0.6) is 0 Å². The summed E-state index contributed by atoms with van der Waals surface area (Å²) < 4.78 is 1.72. The predicted octanol–water partition coefficient (Wildman–Crippen LogP) is 1.01. The van der Waals surface area contributed by atoms with Gasteiger partial charge in [-0.25, -0.2) is 4.98 Å². The number of carbonyl (C=O) groups is 1. The fraction of sp³-hybridized carbons (Fsp3) is 0.0667. The van der Waals surface area contributed by atoms with E-state index in [9.17, 15) is 9.59 Å². The van der Waals surface area contributed by atoms with Crippen molar-refractivity contribution in [2.24, 2.45) is 5.73 Å². The average Bonchev–Trinajstić information content (AvgIpc) is 2.47. The van der Waals surface area contributed by atoms with Gasteiger partial charge in [-0.05, 0) is 24.3 Å². The van der Waals surface area contributed by atoms with Crippen LogP contribution in [0.2, 0.25) is 5.02 Å². The lowest BCUT2D eigenvalue weighted by molar-refractivity contribution is -0.689. The van der Waals surface area contributed by atoms with Gasteiger partial charge in [0.25, 0.3) is 11.5 Å². The van der Waals surface area contributed by atoms with Crippen molar-refractivity contribution >= 4 is 28.4 Å². The molecule has 0 aliphatic heterocycles. The third-order valence-corrected chi connectivity index (χ3v) is 3.43. The number of aromatic nitrogens is 3. The first kappa shape index (κ1) is 14.2. The Kier molecular flexibility index (Phi) is 3.60. The Bertz CT molecular complexity index is 936. The topological polar surface area (TPSA) is 92.7 Å². The zero-order valence-corrected chi connectivity index (χ0v) is 12.2. The number of fused-ring (bicyclic) bond motifs is 1. The molecule has 22 heavy (non-hydrogen) atoms. The SMILES string of the molecule is NC(=O)c1ccc[n+](Cc2nc3cc(Cl)ccc3c(=O)[nH]2)c1. The van der Waals surface area contributed by atoms with Gasteiger partial charge in [0.2, 0.25) is 6.54 Å². The molecule has 110 valence electrons. The van der Waals surface area contributed by atoms with E-state index in [1.165, 1.54) is 0 Å². The highest BCUT2D eigenvalue weighted by Crippen LogP contribution is 2.14. The molecule has 0 aliphatic rings. The maximum absolute atomic E-state index is 12.1. The molecule has 0 bridgehead atoms. The number of halogens is 1. The van der Waals surface area contributed by atoms with E-state index >= 15 is 0 Å². The average molecular weight is 316 g/mol. The Labute approximate surface area is 130 Å². The Morgan fingerprint density at radius 1 is 1.36 bits per heavy atom. The van der Waals surface area contributed by atoms with E-state index in [1.807, 2.05) is 0 Å². The van der Waals surface area contributed by atoms with Gasteiger partial charge in [-0.3, -0.25) is 9.59 Å².